The van der Waals surface area contributed by atoms with Crippen molar-refractivity contribution in [2.75, 3.05) is 31.2 Å². The predicted molar refractivity (Wildman–Crippen MR) is 74.1 cm³/mol. The lowest BCUT2D eigenvalue weighted by molar-refractivity contribution is 0.429. The first-order chi connectivity index (χ1) is 8.97. The van der Waals surface area contributed by atoms with Gasteiger partial charge in [0.2, 0.25) is 10.0 Å². The Kier molecular flexibility index (Phi) is 5.73. The molecule has 0 radical (unpaired) electrons. The van der Waals surface area contributed by atoms with Gasteiger partial charge in [-0.3, -0.25) is 0 Å². The number of pyridine rings is 1. The maximum absolute atomic E-state index is 11.4. The molecule has 0 aliphatic carbocycles. The second-order valence-corrected chi connectivity index (χ2v) is 6.06. The van der Waals surface area contributed by atoms with E-state index in [0.29, 0.717) is 31.7 Å². The topological polar surface area (TPSA) is 86.1 Å². The number of hydrogen-bond donors (Lipinski definition) is 1. The van der Waals surface area contributed by atoms with Crippen LogP contribution < -0.4 is 5.32 Å². The molecule has 0 saturated carbocycles. The van der Waals surface area contributed by atoms with E-state index >= 15 is 0 Å². The van der Waals surface area contributed by atoms with Crippen LogP contribution in [0.2, 0.25) is 0 Å². The van der Waals surface area contributed by atoms with Crippen LogP contribution in [0.4, 0.5) is 5.69 Å². The van der Waals surface area contributed by atoms with Gasteiger partial charge in [-0.05, 0) is 18.6 Å². The summed E-state index contributed by atoms with van der Waals surface area (Å²) in [5, 5.41) is 11.9. The van der Waals surface area contributed by atoms with Crippen LogP contribution in [0.3, 0.4) is 0 Å². The van der Waals surface area contributed by atoms with Gasteiger partial charge in [0.1, 0.15) is 11.8 Å². The molecule has 0 atom stereocenters. The second-order valence-electron chi connectivity index (χ2n) is 4.08. The van der Waals surface area contributed by atoms with E-state index in [-0.39, 0.29) is 0 Å². The lowest BCUT2D eigenvalue weighted by Gasteiger charge is -2.17. The summed E-state index contributed by atoms with van der Waals surface area (Å²) < 4.78 is 24.2. The largest absolute Gasteiger partial charge is 0.385 e. The van der Waals surface area contributed by atoms with Gasteiger partial charge in [0, 0.05) is 31.5 Å². The van der Waals surface area contributed by atoms with Gasteiger partial charge in [-0.2, -0.15) is 5.26 Å². The van der Waals surface area contributed by atoms with Crippen LogP contribution in [0.15, 0.2) is 18.3 Å². The number of anilines is 1. The molecule has 7 heteroatoms. The van der Waals surface area contributed by atoms with E-state index in [2.05, 4.69) is 10.3 Å². The van der Waals surface area contributed by atoms with Crippen LogP contribution in [-0.4, -0.2) is 43.6 Å². The Balaban J connectivity index is 2.40. The van der Waals surface area contributed by atoms with Crippen molar-refractivity contribution in [2.45, 2.75) is 13.3 Å². The number of nitrogens with one attached hydrogen (secondary N) is 1. The molecule has 0 bridgehead atoms. The van der Waals surface area contributed by atoms with E-state index in [1.807, 2.05) is 13.0 Å². The molecule has 104 valence electrons. The monoisotopic (exact) mass is 282 g/mol. The molecule has 0 unspecified atom stereocenters. The first kappa shape index (κ1) is 15.4. The third kappa shape index (κ3) is 5.24. The fraction of sp³-hybridized carbons (Fsp3) is 0.500. The van der Waals surface area contributed by atoms with Gasteiger partial charge < -0.3 is 5.32 Å². The van der Waals surface area contributed by atoms with Crippen molar-refractivity contribution in [3.05, 3.63) is 24.0 Å². The Bertz CT molecular complexity index is 551. The molecule has 0 aliphatic heterocycles. The molecule has 1 N–H and O–H groups in total. The second kappa shape index (κ2) is 7.07. The van der Waals surface area contributed by atoms with E-state index in [4.69, 9.17) is 5.26 Å². The van der Waals surface area contributed by atoms with E-state index in [1.54, 1.807) is 18.3 Å². The number of sulfonamides is 1. The van der Waals surface area contributed by atoms with E-state index < -0.39 is 10.0 Å². The highest BCUT2D eigenvalue weighted by atomic mass is 32.2. The first-order valence-electron chi connectivity index (χ1n) is 6.02. The zero-order chi connectivity index (χ0) is 14.3. The third-order valence-electron chi connectivity index (χ3n) is 2.61. The summed E-state index contributed by atoms with van der Waals surface area (Å²) in [5.41, 5.74) is 1.17. The zero-order valence-corrected chi connectivity index (χ0v) is 11.9. The summed E-state index contributed by atoms with van der Waals surface area (Å²) >= 11 is 0. The standard InChI is InChI=1S/C12H18N4O2S/c1-3-16(19(2,17)18)8-4-6-14-11-5-7-15-12(9-11)10-13/h5,7,9H,3-4,6,8H2,1-2H3,(H,14,15). The SMILES string of the molecule is CCN(CCCNc1ccnc(C#N)c1)S(C)(=O)=O. The van der Waals surface area contributed by atoms with Gasteiger partial charge in [0.25, 0.3) is 0 Å². The summed E-state index contributed by atoms with van der Waals surface area (Å²) in [4.78, 5) is 3.87. The smallest absolute Gasteiger partial charge is 0.211 e. The van der Waals surface area contributed by atoms with Crippen LogP contribution in [0.5, 0.6) is 0 Å². The fourth-order valence-electron chi connectivity index (χ4n) is 1.65. The van der Waals surface area contributed by atoms with Crippen molar-refractivity contribution in [3.63, 3.8) is 0 Å². The third-order valence-corrected chi connectivity index (χ3v) is 3.99. The maximum atomic E-state index is 11.4. The number of aromatic nitrogens is 1. The van der Waals surface area contributed by atoms with Crippen LogP contribution in [0.25, 0.3) is 0 Å². The molecular formula is C12H18N4O2S. The lowest BCUT2D eigenvalue weighted by Crippen LogP contribution is -2.31. The van der Waals surface area contributed by atoms with Gasteiger partial charge >= 0.3 is 0 Å². The molecule has 0 aromatic carbocycles. The Morgan fingerprint density at radius 3 is 2.84 bits per heavy atom. The number of hydrogen-bond acceptors (Lipinski definition) is 5. The van der Waals surface area contributed by atoms with E-state index in [1.165, 1.54) is 10.6 Å². The summed E-state index contributed by atoms with van der Waals surface area (Å²) in [5.74, 6) is 0. The molecule has 1 aromatic rings. The van der Waals surface area contributed by atoms with E-state index in [9.17, 15) is 8.42 Å². The molecule has 1 heterocycles. The normalized spacial score (nSPS) is 11.3. The molecule has 6 nitrogen and oxygen atoms in total. The molecule has 0 amide bonds. The van der Waals surface area contributed by atoms with Gasteiger partial charge in [-0.1, -0.05) is 6.92 Å². The minimum absolute atomic E-state index is 0.358. The quantitative estimate of drug-likeness (QED) is 0.755. The summed E-state index contributed by atoms with van der Waals surface area (Å²) in [6.45, 7) is 3.42. The molecule has 0 spiro atoms. The zero-order valence-electron chi connectivity index (χ0n) is 11.1. The van der Waals surface area contributed by atoms with Crippen molar-refractivity contribution >= 4 is 15.7 Å². The van der Waals surface area contributed by atoms with Gasteiger partial charge in [-0.25, -0.2) is 17.7 Å². The molecule has 0 saturated heterocycles. The van der Waals surface area contributed by atoms with Gasteiger partial charge in [0.05, 0.1) is 6.26 Å². The highest BCUT2D eigenvalue weighted by Crippen LogP contribution is 2.07. The lowest BCUT2D eigenvalue weighted by atomic mass is 10.3. The molecule has 0 aliphatic rings. The van der Waals surface area contributed by atoms with E-state index in [0.717, 1.165) is 5.69 Å². The Labute approximate surface area is 114 Å². The molecule has 1 rings (SSSR count). The Hall–Kier alpha value is -1.65. The van der Waals surface area contributed by atoms with Crippen LogP contribution in [-0.2, 0) is 10.0 Å². The Morgan fingerprint density at radius 2 is 2.26 bits per heavy atom. The average molecular weight is 282 g/mol. The van der Waals surface area contributed by atoms with Crippen molar-refractivity contribution in [3.8, 4) is 6.07 Å². The van der Waals surface area contributed by atoms with Gasteiger partial charge in [-0.15, -0.1) is 0 Å². The molecular weight excluding hydrogens is 264 g/mol. The number of rotatable bonds is 7. The van der Waals surface area contributed by atoms with Crippen molar-refractivity contribution in [1.82, 2.24) is 9.29 Å². The summed E-state index contributed by atoms with van der Waals surface area (Å²) in [6.07, 6.45) is 3.48. The van der Waals surface area contributed by atoms with Gasteiger partial charge in [0.15, 0.2) is 0 Å². The Morgan fingerprint density at radius 1 is 1.53 bits per heavy atom. The molecule has 1 aromatic heterocycles. The summed E-state index contributed by atoms with van der Waals surface area (Å²) in [7, 11) is -3.12. The number of nitriles is 1. The van der Waals surface area contributed by atoms with Crippen molar-refractivity contribution in [2.24, 2.45) is 0 Å². The van der Waals surface area contributed by atoms with Crippen molar-refractivity contribution < 1.29 is 8.42 Å². The maximum Gasteiger partial charge on any atom is 0.211 e. The average Bonchev–Trinajstić information content (AvgIpc) is 2.37. The minimum Gasteiger partial charge on any atom is -0.385 e. The predicted octanol–water partition coefficient (Wildman–Crippen LogP) is 1.04. The fourth-order valence-corrected chi connectivity index (χ4v) is 2.58. The molecule has 0 fully saturated rings. The summed E-state index contributed by atoms with van der Waals surface area (Å²) in [6, 6.07) is 5.40. The number of nitrogens with zero attached hydrogens (tertiary/aromatic N) is 3. The van der Waals surface area contributed by atoms with Crippen molar-refractivity contribution in [1.29, 1.82) is 5.26 Å². The first-order valence-corrected chi connectivity index (χ1v) is 7.87. The highest BCUT2D eigenvalue weighted by Gasteiger charge is 2.12. The highest BCUT2D eigenvalue weighted by molar-refractivity contribution is 7.88. The minimum atomic E-state index is -3.12. The van der Waals surface area contributed by atoms with Crippen LogP contribution in [0, 0.1) is 11.3 Å². The van der Waals surface area contributed by atoms with Crippen LogP contribution in [0.1, 0.15) is 19.0 Å². The van der Waals surface area contributed by atoms with Crippen LogP contribution >= 0.6 is 0 Å². The molecule has 19 heavy (non-hydrogen) atoms.